The number of amides is 1. The molecular weight excluding hydrogens is 416 g/mol. The summed E-state index contributed by atoms with van der Waals surface area (Å²) in [6.45, 7) is 6.50. The highest BCUT2D eigenvalue weighted by Gasteiger charge is 2.28. The maximum Gasteiger partial charge on any atom is 0.266 e. The number of sulfonamides is 1. The summed E-state index contributed by atoms with van der Waals surface area (Å²) in [6, 6.07) is 13.9. The van der Waals surface area contributed by atoms with Crippen molar-refractivity contribution in [1.82, 2.24) is 14.7 Å². The van der Waals surface area contributed by atoms with Gasteiger partial charge in [-0.15, -0.1) is 0 Å². The van der Waals surface area contributed by atoms with Gasteiger partial charge in [0, 0.05) is 13.1 Å². The molecule has 0 aliphatic rings. The van der Waals surface area contributed by atoms with Crippen LogP contribution < -0.4 is 9.46 Å². The number of carbonyl (C=O) groups is 1. The molecule has 0 spiro atoms. The molecule has 3 aromatic rings. The zero-order valence-electron chi connectivity index (χ0n) is 18.0. The largest absolute Gasteiger partial charge is 0.495 e. The van der Waals surface area contributed by atoms with Crippen LogP contribution in [0.25, 0.3) is 5.69 Å². The van der Waals surface area contributed by atoms with Gasteiger partial charge in [0.1, 0.15) is 16.2 Å². The molecule has 0 saturated carbocycles. The fourth-order valence-electron chi connectivity index (χ4n) is 3.23. The van der Waals surface area contributed by atoms with E-state index in [1.165, 1.54) is 24.1 Å². The lowest BCUT2D eigenvalue weighted by Gasteiger charge is -2.19. The van der Waals surface area contributed by atoms with Crippen LogP contribution in [0, 0.1) is 6.92 Å². The van der Waals surface area contributed by atoms with Crippen LogP contribution in [0.4, 0.5) is 5.82 Å². The molecule has 2 aromatic carbocycles. The van der Waals surface area contributed by atoms with Crippen LogP contribution in [-0.2, 0) is 10.0 Å². The molecule has 0 aliphatic heterocycles. The molecule has 9 heteroatoms. The van der Waals surface area contributed by atoms with Crippen molar-refractivity contribution in [2.45, 2.75) is 25.7 Å². The number of carbonyl (C=O) groups excluding carboxylic acids is 1. The summed E-state index contributed by atoms with van der Waals surface area (Å²) in [6.07, 6.45) is 1.39. The van der Waals surface area contributed by atoms with Crippen molar-refractivity contribution in [3.05, 3.63) is 65.9 Å². The zero-order chi connectivity index (χ0) is 22.6. The lowest BCUT2D eigenvalue weighted by atomic mass is 10.2. The van der Waals surface area contributed by atoms with Gasteiger partial charge >= 0.3 is 0 Å². The molecule has 0 saturated heterocycles. The Morgan fingerprint density at radius 3 is 2.42 bits per heavy atom. The van der Waals surface area contributed by atoms with E-state index >= 15 is 0 Å². The predicted molar refractivity (Wildman–Crippen MR) is 119 cm³/mol. The van der Waals surface area contributed by atoms with Crippen molar-refractivity contribution >= 4 is 21.7 Å². The molecule has 1 aromatic heterocycles. The molecule has 1 N–H and O–H groups in total. The minimum Gasteiger partial charge on any atom is -0.495 e. The predicted octanol–water partition coefficient (Wildman–Crippen LogP) is 3.47. The molecule has 1 heterocycles. The fraction of sp³-hybridized carbons (Fsp3) is 0.273. The number of aryl methyl sites for hydroxylation is 1. The SMILES string of the molecule is CCN(CC)C(=O)c1cnn(-c2ccccc2)c1NS(=O)(=O)c1cc(C)ccc1OC. The maximum absolute atomic E-state index is 13.3. The molecule has 164 valence electrons. The van der Waals surface area contributed by atoms with Crippen LogP contribution >= 0.6 is 0 Å². The van der Waals surface area contributed by atoms with E-state index in [1.807, 2.05) is 32.0 Å². The van der Waals surface area contributed by atoms with Gasteiger partial charge < -0.3 is 9.64 Å². The number of hydrogen-bond donors (Lipinski definition) is 1. The number of anilines is 1. The highest BCUT2D eigenvalue weighted by molar-refractivity contribution is 7.92. The summed E-state index contributed by atoms with van der Waals surface area (Å²) in [4.78, 5) is 14.7. The highest BCUT2D eigenvalue weighted by Crippen LogP contribution is 2.29. The minimum atomic E-state index is -4.08. The third kappa shape index (κ3) is 4.56. The van der Waals surface area contributed by atoms with Gasteiger partial charge in [-0.1, -0.05) is 24.3 Å². The standard InChI is InChI=1S/C22H26N4O4S/c1-5-25(6-2)22(27)18-15-23-26(17-10-8-7-9-11-17)21(18)24-31(28,29)20-14-16(3)12-13-19(20)30-4/h7-15,24H,5-6H2,1-4H3. The second-order valence-corrected chi connectivity index (χ2v) is 8.54. The van der Waals surface area contributed by atoms with E-state index in [2.05, 4.69) is 9.82 Å². The summed E-state index contributed by atoms with van der Waals surface area (Å²) in [5.41, 5.74) is 1.55. The molecule has 1 amide bonds. The van der Waals surface area contributed by atoms with E-state index in [9.17, 15) is 13.2 Å². The van der Waals surface area contributed by atoms with Crippen molar-refractivity contribution in [2.75, 3.05) is 24.9 Å². The Bertz CT molecular complexity index is 1170. The topological polar surface area (TPSA) is 93.5 Å². The Balaban J connectivity index is 2.15. The minimum absolute atomic E-state index is 0.0166. The molecule has 31 heavy (non-hydrogen) atoms. The normalized spacial score (nSPS) is 11.2. The monoisotopic (exact) mass is 442 g/mol. The molecule has 0 bridgehead atoms. The first-order valence-electron chi connectivity index (χ1n) is 9.92. The van der Waals surface area contributed by atoms with Gasteiger partial charge in [0.15, 0.2) is 5.82 Å². The van der Waals surface area contributed by atoms with Crippen LogP contribution in [0.15, 0.2) is 59.6 Å². The molecular formula is C22H26N4O4S. The van der Waals surface area contributed by atoms with Crippen molar-refractivity contribution in [3.63, 3.8) is 0 Å². The van der Waals surface area contributed by atoms with Gasteiger partial charge in [0.25, 0.3) is 15.9 Å². The number of hydrogen-bond acceptors (Lipinski definition) is 5. The van der Waals surface area contributed by atoms with Crippen molar-refractivity contribution in [2.24, 2.45) is 0 Å². The molecule has 0 unspecified atom stereocenters. The van der Waals surface area contributed by atoms with Crippen molar-refractivity contribution in [3.8, 4) is 11.4 Å². The van der Waals surface area contributed by atoms with E-state index < -0.39 is 10.0 Å². The lowest BCUT2D eigenvalue weighted by Crippen LogP contribution is -2.31. The summed E-state index contributed by atoms with van der Waals surface area (Å²) in [5, 5.41) is 4.31. The first-order valence-corrected chi connectivity index (χ1v) is 11.4. The summed E-state index contributed by atoms with van der Waals surface area (Å²) >= 11 is 0. The summed E-state index contributed by atoms with van der Waals surface area (Å²) in [7, 11) is -2.67. The van der Waals surface area contributed by atoms with Gasteiger partial charge in [-0.3, -0.25) is 9.52 Å². The smallest absolute Gasteiger partial charge is 0.266 e. The van der Waals surface area contributed by atoms with Crippen molar-refractivity contribution < 1.29 is 17.9 Å². The second kappa shape index (κ2) is 9.22. The first kappa shape index (κ1) is 22.4. The molecule has 0 radical (unpaired) electrons. The van der Waals surface area contributed by atoms with E-state index in [1.54, 1.807) is 36.1 Å². The number of rotatable bonds is 8. The van der Waals surface area contributed by atoms with Crippen molar-refractivity contribution in [1.29, 1.82) is 0 Å². The van der Waals surface area contributed by atoms with Crippen LogP contribution in [0.2, 0.25) is 0 Å². The number of benzene rings is 2. The van der Waals surface area contributed by atoms with Crippen LogP contribution in [0.5, 0.6) is 5.75 Å². The molecule has 0 aliphatic carbocycles. The number of ether oxygens (including phenoxy) is 1. The Morgan fingerprint density at radius 1 is 1.13 bits per heavy atom. The van der Waals surface area contributed by atoms with Gasteiger partial charge in [-0.25, -0.2) is 13.1 Å². The highest BCUT2D eigenvalue weighted by atomic mass is 32.2. The van der Waals surface area contributed by atoms with Crippen LogP contribution in [0.3, 0.4) is 0 Å². The summed E-state index contributed by atoms with van der Waals surface area (Å²) in [5.74, 6) is -0.0201. The number of aromatic nitrogens is 2. The Kier molecular flexibility index (Phi) is 6.65. The van der Waals surface area contributed by atoms with Gasteiger partial charge in [0.2, 0.25) is 0 Å². The number of methoxy groups -OCH3 is 1. The Hall–Kier alpha value is -3.33. The Morgan fingerprint density at radius 2 is 1.81 bits per heavy atom. The molecule has 3 rings (SSSR count). The Labute approximate surface area is 182 Å². The number of para-hydroxylation sites is 1. The van der Waals surface area contributed by atoms with E-state index in [0.29, 0.717) is 18.8 Å². The number of nitrogens with zero attached hydrogens (tertiary/aromatic N) is 3. The molecule has 8 nitrogen and oxygen atoms in total. The van der Waals surface area contributed by atoms with Crippen LogP contribution in [-0.4, -0.2) is 49.2 Å². The van der Waals surface area contributed by atoms with Gasteiger partial charge in [-0.05, 0) is 50.6 Å². The third-order valence-electron chi connectivity index (χ3n) is 4.89. The summed E-state index contributed by atoms with van der Waals surface area (Å²) < 4.78 is 35.9. The van der Waals surface area contributed by atoms with Crippen LogP contribution in [0.1, 0.15) is 29.8 Å². The average Bonchev–Trinajstić information content (AvgIpc) is 3.17. The number of nitrogens with one attached hydrogen (secondary N) is 1. The second-order valence-electron chi connectivity index (χ2n) is 6.89. The average molecular weight is 443 g/mol. The van der Waals surface area contributed by atoms with E-state index in [0.717, 1.165) is 5.56 Å². The fourth-order valence-corrected chi connectivity index (χ4v) is 4.54. The maximum atomic E-state index is 13.3. The third-order valence-corrected chi connectivity index (χ3v) is 6.25. The van der Waals surface area contributed by atoms with E-state index in [4.69, 9.17) is 4.74 Å². The molecule has 0 fully saturated rings. The van der Waals surface area contributed by atoms with Gasteiger partial charge in [0.05, 0.1) is 19.0 Å². The van der Waals surface area contributed by atoms with E-state index in [-0.39, 0.29) is 27.9 Å². The zero-order valence-corrected chi connectivity index (χ0v) is 18.8. The molecule has 0 atom stereocenters. The lowest BCUT2D eigenvalue weighted by molar-refractivity contribution is 0.0774. The van der Waals surface area contributed by atoms with Gasteiger partial charge in [-0.2, -0.15) is 5.10 Å². The first-order chi connectivity index (χ1) is 14.8. The quantitative estimate of drug-likeness (QED) is 0.577.